The average Bonchev–Trinajstić information content (AvgIpc) is 2.75. The van der Waals surface area contributed by atoms with Crippen LogP contribution < -0.4 is 5.56 Å². The van der Waals surface area contributed by atoms with Crippen molar-refractivity contribution in [3.8, 4) is 11.1 Å². The average molecular weight is 392 g/mol. The van der Waals surface area contributed by atoms with E-state index in [2.05, 4.69) is 81.2 Å². The minimum atomic E-state index is -0.0177. The van der Waals surface area contributed by atoms with E-state index in [1.807, 2.05) is 12.1 Å². The number of pyridine rings is 1. The molecule has 1 heterocycles. The van der Waals surface area contributed by atoms with E-state index in [9.17, 15) is 4.79 Å². The first-order valence-corrected chi connectivity index (χ1v) is 10.6. The third kappa shape index (κ3) is 2.68. The SMILES string of the molecule is CCc1c(-c2ccc(C)cc2)c(C)c2c([nH]c(=O)c3cc4ccccc4cc32)c1C. The fourth-order valence-corrected chi connectivity index (χ4v) is 4.93. The van der Waals surface area contributed by atoms with Crippen LogP contribution in [0.4, 0.5) is 0 Å². The van der Waals surface area contributed by atoms with Gasteiger partial charge >= 0.3 is 0 Å². The first-order chi connectivity index (χ1) is 14.5. The monoisotopic (exact) mass is 391 g/mol. The van der Waals surface area contributed by atoms with Gasteiger partial charge in [-0.25, -0.2) is 0 Å². The van der Waals surface area contributed by atoms with Crippen molar-refractivity contribution in [3.63, 3.8) is 0 Å². The molecule has 0 fully saturated rings. The summed E-state index contributed by atoms with van der Waals surface area (Å²) in [6.45, 7) is 8.65. The van der Waals surface area contributed by atoms with Gasteiger partial charge in [0, 0.05) is 10.8 Å². The second-order valence-corrected chi connectivity index (χ2v) is 8.27. The van der Waals surface area contributed by atoms with Crippen molar-refractivity contribution in [2.75, 3.05) is 0 Å². The van der Waals surface area contributed by atoms with Gasteiger partial charge in [-0.3, -0.25) is 4.79 Å². The van der Waals surface area contributed by atoms with Crippen molar-refractivity contribution < 1.29 is 0 Å². The molecule has 30 heavy (non-hydrogen) atoms. The lowest BCUT2D eigenvalue weighted by Crippen LogP contribution is -2.10. The van der Waals surface area contributed by atoms with Crippen LogP contribution in [0.2, 0.25) is 0 Å². The van der Waals surface area contributed by atoms with Gasteiger partial charge in [-0.05, 0) is 83.3 Å². The zero-order chi connectivity index (χ0) is 21.0. The van der Waals surface area contributed by atoms with Gasteiger partial charge in [-0.2, -0.15) is 0 Å². The van der Waals surface area contributed by atoms with Gasteiger partial charge in [-0.15, -0.1) is 0 Å². The first-order valence-electron chi connectivity index (χ1n) is 10.6. The maximum Gasteiger partial charge on any atom is 0.256 e. The second kappa shape index (κ2) is 6.84. The fraction of sp³-hybridized carbons (Fsp3) is 0.179. The van der Waals surface area contributed by atoms with E-state index in [4.69, 9.17) is 0 Å². The number of aryl methyl sites for hydroxylation is 3. The van der Waals surface area contributed by atoms with Crippen molar-refractivity contribution >= 4 is 32.4 Å². The molecule has 1 N–H and O–H groups in total. The molecule has 2 nitrogen and oxygen atoms in total. The number of hydrogen-bond donors (Lipinski definition) is 1. The van der Waals surface area contributed by atoms with E-state index < -0.39 is 0 Å². The summed E-state index contributed by atoms with van der Waals surface area (Å²) in [6.07, 6.45) is 0.920. The zero-order valence-corrected chi connectivity index (χ0v) is 17.9. The van der Waals surface area contributed by atoms with E-state index >= 15 is 0 Å². The zero-order valence-electron chi connectivity index (χ0n) is 17.9. The van der Waals surface area contributed by atoms with Crippen molar-refractivity contribution in [1.29, 1.82) is 0 Å². The summed E-state index contributed by atoms with van der Waals surface area (Å²) in [4.78, 5) is 16.2. The first kappa shape index (κ1) is 18.6. The van der Waals surface area contributed by atoms with E-state index in [1.165, 1.54) is 33.4 Å². The molecule has 4 aromatic carbocycles. The Balaban J connectivity index is 2.01. The van der Waals surface area contributed by atoms with Crippen molar-refractivity contribution in [2.45, 2.75) is 34.1 Å². The molecule has 2 heteroatoms. The highest BCUT2D eigenvalue weighted by Gasteiger charge is 2.19. The Hall–Kier alpha value is -3.39. The number of aromatic nitrogens is 1. The Morgan fingerprint density at radius 2 is 1.43 bits per heavy atom. The predicted molar refractivity (Wildman–Crippen MR) is 129 cm³/mol. The molecule has 0 bridgehead atoms. The molecule has 1 aromatic heterocycles. The van der Waals surface area contributed by atoms with Gasteiger partial charge in [0.2, 0.25) is 0 Å². The van der Waals surface area contributed by atoms with Gasteiger partial charge in [0.15, 0.2) is 0 Å². The normalized spacial score (nSPS) is 11.6. The third-order valence-electron chi connectivity index (χ3n) is 6.46. The number of aromatic amines is 1. The molecule has 5 rings (SSSR count). The number of H-pyrrole nitrogens is 1. The number of benzene rings is 4. The molecule has 0 atom stereocenters. The molecule has 0 saturated carbocycles. The molecule has 0 amide bonds. The molecule has 0 aliphatic heterocycles. The number of fused-ring (bicyclic) bond motifs is 4. The molecule has 0 radical (unpaired) electrons. The summed E-state index contributed by atoms with van der Waals surface area (Å²) in [5.41, 5.74) is 8.44. The van der Waals surface area contributed by atoms with E-state index in [0.717, 1.165) is 38.9 Å². The van der Waals surface area contributed by atoms with Crippen molar-refractivity contribution in [1.82, 2.24) is 4.98 Å². The molecular formula is C28H25NO. The summed E-state index contributed by atoms with van der Waals surface area (Å²) < 4.78 is 0. The summed E-state index contributed by atoms with van der Waals surface area (Å²) in [6, 6.07) is 21.2. The van der Waals surface area contributed by atoms with E-state index in [0.29, 0.717) is 0 Å². The van der Waals surface area contributed by atoms with E-state index in [1.54, 1.807) is 0 Å². The summed E-state index contributed by atoms with van der Waals surface area (Å²) in [5.74, 6) is 0. The Morgan fingerprint density at radius 1 is 0.800 bits per heavy atom. The summed E-state index contributed by atoms with van der Waals surface area (Å²) in [5, 5.41) is 5.19. The topological polar surface area (TPSA) is 32.9 Å². The molecule has 0 spiro atoms. The second-order valence-electron chi connectivity index (χ2n) is 8.27. The largest absolute Gasteiger partial charge is 0.321 e. The highest BCUT2D eigenvalue weighted by molar-refractivity contribution is 6.14. The van der Waals surface area contributed by atoms with Crippen molar-refractivity contribution in [2.24, 2.45) is 0 Å². The molecule has 0 aliphatic rings. The Morgan fingerprint density at radius 3 is 2.07 bits per heavy atom. The van der Waals surface area contributed by atoms with Crippen LogP contribution in [-0.4, -0.2) is 4.98 Å². The van der Waals surface area contributed by atoms with Crippen LogP contribution in [0.25, 0.3) is 43.6 Å². The summed E-state index contributed by atoms with van der Waals surface area (Å²) >= 11 is 0. The highest BCUT2D eigenvalue weighted by Crippen LogP contribution is 2.39. The maximum atomic E-state index is 13.0. The van der Waals surface area contributed by atoms with Crippen LogP contribution >= 0.6 is 0 Å². The smallest absolute Gasteiger partial charge is 0.256 e. The van der Waals surface area contributed by atoms with Gasteiger partial charge in [0.25, 0.3) is 5.56 Å². The molecule has 5 aromatic rings. The predicted octanol–water partition coefficient (Wildman–Crippen LogP) is 6.99. The molecular weight excluding hydrogens is 366 g/mol. The van der Waals surface area contributed by atoms with Gasteiger partial charge in [0.1, 0.15) is 0 Å². The van der Waals surface area contributed by atoms with E-state index in [-0.39, 0.29) is 5.56 Å². The minimum absolute atomic E-state index is 0.0177. The Bertz CT molecular complexity index is 1500. The standard InChI is InChI=1S/C28H25NO/c1-5-22-17(3)27-26(18(4)25(22)19-12-10-16(2)11-13-19)23-14-20-8-6-7-9-21(20)15-24(23)28(30)29-27/h6-15H,5H2,1-4H3,(H,29,30). The fourth-order valence-electron chi connectivity index (χ4n) is 4.93. The lowest BCUT2D eigenvalue weighted by Gasteiger charge is -2.20. The Labute approximate surface area is 176 Å². The van der Waals surface area contributed by atoms with Crippen molar-refractivity contribution in [3.05, 3.63) is 93.3 Å². The highest BCUT2D eigenvalue weighted by atomic mass is 16.1. The van der Waals surface area contributed by atoms with Gasteiger partial charge < -0.3 is 4.98 Å². The minimum Gasteiger partial charge on any atom is -0.321 e. The maximum absolute atomic E-state index is 13.0. The molecule has 0 saturated heterocycles. The molecule has 0 unspecified atom stereocenters. The third-order valence-corrected chi connectivity index (χ3v) is 6.46. The van der Waals surface area contributed by atoms with Crippen LogP contribution in [0.5, 0.6) is 0 Å². The number of nitrogens with one attached hydrogen (secondary N) is 1. The number of rotatable bonds is 2. The van der Waals surface area contributed by atoms with Crippen LogP contribution in [0.3, 0.4) is 0 Å². The molecule has 0 aliphatic carbocycles. The lowest BCUT2D eigenvalue weighted by atomic mass is 9.85. The van der Waals surface area contributed by atoms with Crippen LogP contribution in [0.15, 0.2) is 65.5 Å². The Kier molecular flexibility index (Phi) is 4.25. The molecule has 148 valence electrons. The van der Waals surface area contributed by atoms with Crippen LogP contribution in [0.1, 0.15) is 29.2 Å². The van der Waals surface area contributed by atoms with Gasteiger partial charge in [0.05, 0.1) is 5.52 Å². The number of hydrogen-bond acceptors (Lipinski definition) is 1. The van der Waals surface area contributed by atoms with Crippen LogP contribution in [0, 0.1) is 20.8 Å². The van der Waals surface area contributed by atoms with Crippen LogP contribution in [-0.2, 0) is 6.42 Å². The van der Waals surface area contributed by atoms with Gasteiger partial charge in [-0.1, -0.05) is 61.0 Å². The lowest BCUT2D eigenvalue weighted by molar-refractivity contribution is 1.11. The quantitative estimate of drug-likeness (QED) is 0.255. The summed E-state index contributed by atoms with van der Waals surface area (Å²) in [7, 11) is 0.